The lowest BCUT2D eigenvalue weighted by Gasteiger charge is -2.40. The Bertz CT molecular complexity index is 1460. The van der Waals surface area contributed by atoms with Gasteiger partial charge in [-0.3, -0.25) is 9.11 Å². The second-order valence-corrected chi connectivity index (χ2v) is 11.4. The van der Waals surface area contributed by atoms with Gasteiger partial charge in [-0.15, -0.1) is 5.10 Å². The summed E-state index contributed by atoms with van der Waals surface area (Å²) in [6, 6.07) is 20.8. The van der Waals surface area contributed by atoms with Crippen molar-refractivity contribution >= 4 is 34.1 Å². The molecule has 1 unspecified atom stereocenters. The maximum atomic E-state index is 11.4. The van der Waals surface area contributed by atoms with Crippen molar-refractivity contribution in [2.24, 2.45) is 0 Å². The van der Waals surface area contributed by atoms with Crippen LogP contribution in [0.3, 0.4) is 0 Å². The maximum absolute atomic E-state index is 11.4. The van der Waals surface area contributed by atoms with Crippen molar-refractivity contribution in [1.29, 1.82) is 0 Å². The summed E-state index contributed by atoms with van der Waals surface area (Å²) in [6.45, 7) is 6.21. The molecule has 1 atom stereocenters. The zero-order valence-electron chi connectivity index (χ0n) is 22.6. The molecule has 0 saturated carbocycles. The van der Waals surface area contributed by atoms with Gasteiger partial charge in [0.15, 0.2) is 0 Å². The fourth-order valence-electron chi connectivity index (χ4n) is 5.68. The van der Waals surface area contributed by atoms with E-state index in [1.807, 2.05) is 40.9 Å². The summed E-state index contributed by atoms with van der Waals surface area (Å²) in [7, 11) is 1.55. The van der Waals surface area contributed by atoms with Gasteiger partial charge in [0.1, 0.15) is 0 Å². The molecule has 1 N–H and O–H groups in total. The molecule has 0 aliphatic carbocycles. The fourth-order valence-corrected chi connectivity index (χ4v) is 5.92. The molecule has 0 bridgehead atoms. The zero-order chi connectivity index (χ0) is 27.5. The number of anilines is 3. The highest BCUT2D eigenvalue weighted by Gasteiger charge is 2.26. The maximum Gasteiger partial charge on any atom is 0.245 e. The molecule has 2 aliphatic rings. The lowest BCUT2D eigenvalue weighted by atomic mass is 10.0. The Labute approximate surface area is 237 Å². The molecular formula is C29H34N7O3S-. The van der Waals surface area contributed by atoms with Crippen molar-refractivity contribution in [1.82, 2.24) is 23.8 Å². The van der Waals surface area contributed by atoms with E-state index < -0.39 is 11.3 Å². The Kier molecular flexibility index (Phi) is 8.08. The third-order valence-corrected chi connectivity index (χ3v) is 8.49. The summed E-state index contributed by atoms with van der Waals surface area (Å²) < 4.78 is 31.4. The Balaban J connectivity index is 1.14. The van der Waals surface area contributed by atoms with Crippen LogP contribution in [0.15, 0.2) is 66.9 Å². The summed E-state index contributed by atoms with van der Waals surface area (Å²) in [5.74, 6) is 0.485. The van der Waals surface area contributed by atoms with Gasteiger partial charge in [0.05, 0.1) is 30.6 Å². The second kappa shape index (κ2) is 12.0. The average molecular weight is 561 g/mol. The number of nitrogens with one attached hydrogen (secondary N) is 1. The Morgan fingerprint density at radius 1 is 1.02 bits per heavy atom. The van der Waals surface area contributed by atoms with Gasteiger partial charge in [-0.25, -0.2) is 13.8 Å². The van der Waals surface area contributed by atoms with Crippen molar-refractivity contribution in [3.63, 3.8) is 0 Å². The molecule has 2 saturated heterocycles. The van der Waals surface area contributed by atoms with Crippen molar-refractivity contribution in [2.45, 2.75) is 25.4 Å². The van der Waals surface area contributed by atoms with Crippen molar-refractivity contribution in [3.8, 4) is 11.3 Å². The lowest BCUT2D eigenvalue weighted by molar-refractivity contribution is 0.0115. The quantitative estimate of drug-likeness (QED) is 0.326. The number of ether oxygens (including phenoxy) is 1. The van der Waals surface area contributed by atoms with Gasteiger partial charge in [-0.05, 0) is 61.9 Å². The number of aromatic nitrogens is 3. The van der Waals surface area contributed by atoms with Crippen LogP contribution in [0.5, 0.6) is 0 Å². The zero-order valence-corrected chi connectivity index (χ0v) is 23.4. The summed E-state index contributed by atoms with van der Waals surface area (Å²) in [6.07, 6.45) is 4.15. The van der Waals surface area contributed by atoms with Crippen LogP contribution < -0.4 is 10.2 Å². The second-order valence-electron chi connectivity index (χ2n) is 10.3. The molecule has 6 rings (SSSR count). The number of benzene rings is 2. The molecule has 0 spiro atoms. The largest absolute Gasteiger partial charge is 0.760 e. The van der Waals surface area contributed by atoms with E-state index in [0.717, 1.165) is 67.4 Å². The van der Waals surface area contributed by atoms with Gasteiger partial charge in [0, 0.05) is 67.0 Å². The summed E-state index contributed by atoms with van der Waals surface area (Å²) in [5, 5.41) is 8.10. The molecule has 11 heteroatoms. The number of rotatable bonds is 8. The molecule has 10 nitrogen and oxygen atoms in total. The van der Waals surface area contributed by atoms with Gasteiger partial charge in [0.25, 0.3) is 0 Å². The number of piperidine rings is 1. The van der Waals surface area contributed by atoms with E-state index in [4.69, 9.17) is 9.84 Å². The van der Waals surface area contributed by atoms with Crippen LogP contribution in [0.1, 0.15) is 18.4 Å². The van der Waals surface area contributed by atoms with E-state index >= 15 is 0 Å². The van der Waals surface area contributed by atoms with Crippen LogP contribution in [-0.4, -0.2) is 85.0 Å². The number of morpholine rings is 1. The van der Waals surface area contributed by atoms with E-state index in [0.29, 0.717) is 12.0 Å². The molecule has 0 amide bonds. The monoisotopic (exact) mass is 560 g/mol. The molecule has 4 aromatic rings. The summed E-state index contributed by atoms with van der Waals surface area (Å²) in [4.78, 5) is 9.57. The number of hydrogen-bond acceptors (Lipinski definition) is 8. The predicted octanol–water partition coefficient (Wildman–Crippen LogP) is 3.67. The standard InChI is InChI=1S/C29H35N7O3S/c1-33(40(37)38)21-22-4-2-3-5-27(22)28-11-10-26-20-30-29(32-36(26)28)31-23-6-8-24(9-7-23)34-14-12-25(13-15-34)35-16-18-39-19-17-35/h2-11,20,25H,12-19,21H2,1H3,(H,31,32)(H,37,38)/p-1. The molecule has 2 aromatic heterocycles. The Morgan fingerprint density at radius 3 is 2.52 bits per heavy atom. The first-order chi connectivity index (χ1) is 19.5. The van der Waals surface area contributed by atoms with Crippen molar-refractivity contribution < 1.29 is 13.5 Å². The van der Waals surface area contributed by atoms with Crippen molar-refractivity contribution in [2.75, 3.05) is 56.7 Å². The number of hydrogen-bond donors (Lipinski definition) is 1. The first-order valence-electron chi connectivity index (χ1n) is 13.7. The van der Waals surface area contributed by atoms with E-state index in [2.05, 4.69) is 44.4 Å². The van der Waals surface area contributed by atoms with Gasteiger partial charge in [-0.1, -0.05) is 24.3 Å². The van der Waals surface area contributed by atoms with E-state index in [1.54, 1.807) is 13.2 Å². The van der Waals surface area contributed by atoms with Crippen LogP contribution >= 0.6 is 0 Å². The van der Waals surface area contributed by atoms with Gasteiger partial charge in [-0.2, -0.15) is 0 Å². The number of nitrogens with zero attached hydrogens (tertiary/aromatic N) is 6. The van der Waals surface area contributed by atoms with E-state index in [9.17, 15) is 8.76 Å². The van der Waals surface area contributed by atoms with Crippen LogP contribution in [0.25, 0.3) is 16.8 Å². The Morgan fingerprint density at radius 2 is 1.77 bits per heavy atom. The van der Waals surface area contributed by atoms with Gasteiger partial charge >= 0.3 is 0 Å². The third-order valence-electron chi connectivity index (χ3n) is 7.85. The molecule has 40 heavy (non-hydrogen) atoms. The summed E-state index contributed by atoms with van der Waals surface area (Å²) in [5.41, 5.74) is 5.69. The smallest absolute Gasteiger partial charge is 0.245 e. The van der Waals surface area contributed by atoms with Crippen molar-refractivity contribution in [3.05, 3.63) is 72.4 Å². The van der Waals surface area contributed by atoms with E-state index in [-0.39, 0.29) is 6.54 Å². The van der Waals surface area contributed by atoms with Gasteiger partial charge < -0.3 is 19.5 Å². The molecule has 4 heterocycles. The molecule has 210 valence electrons. The highest BCUT2D eigenvalue weighted by molar-refractivity contribution is 7.76. The first-order valence-corrected chi connectivity index (χ1v) is 14.8. The van der Waals surface area contributed by atoms with Crippen LogP contribution in [0, 0.1) is 0 Å². The highest BCUT2D eigenvalue weighted by Crippen LogP contribution is 2.28. The highest BCUT2D eigenvalue weighted by atomic mass is 32.2. The van der Waals surface area contributed by atoms with Crippen LogP contribution in [-0.2, 0) is 22.5 Å². The molecule has 0 radical (unpaired) electrons. The average Bonchev–Trinajstić information content (AvgIpc) is 3.41. The van der Waals surface area contributed by atoms with E-state index in [1.165, 1.54) is 22.8 Å². The third kappa shape index (κ3) is 5.89. The minimum Gasteiger partial charge on any atom is -0.760 e. The minimum absolute atomic E-state index is 0.271. The predicted molar refractivity (Wildman–Crippen MR) is 156 cm³/mol. The molecule has 2 aliphatic heterocycles. The minimum atomic E-state index is -2.29. The molecular weight excluding hydrogens is 526 g/mol. The first kappa shape index (κ1) is 26.9. The summed E-state index contributed by atoms with van der Waals surface area (Å²) >= 11 is -2.29. The SMILES string of the molecule is CN(Cc1ccccc1-c1ccc2cnc(Nc3ccc(N4CCC(N5CCOCC5)CC4)cc3)nn12)S(=O)[O-]. The van der Waals surface area contributed by atoms with Gasteiger partial charge in [0.2, 0.25) is 5.95 Å². The molecule has 2 fully saturated rings. The normalized spacial score (nSPS) is 17.9. The fraction of sp³-hybridized carbons (Fsp3) is 0.379. The topological polar surface area (TPSA) is 101 Å². The molecule has 2 aromatic carbocycles. The van der Waals surface area contributed by atoms with Crippen LogP contribution in [0.4, 0.5) is 17.3 Å². The number of fused-ring (bicyclic) bond motifs is 1. The lowest BCUT2D eigenvalue weighted by Crippen LogP contribution is -2.49. The Hall–Kier alpha value is -3.35. The van der Waals surface area contributed by atoms with Crippen LogP contribution in [0.2, 0.25) is 0 Å².